The van der Waals surface area contributed by atoms with Crippen LogP contribution < -0.4 is 10.1 Å². The second-order valence-corrected chi connectivity index (χ2v) is 5.29. The van der Waals surface area contributed by atoms with Crippen LogP contribution in [0.25, 0.3) is 0 Å². The highest BCUT2D eigenvalue weighted by molar-refractivity contribution is 5.30. The largest absolute Gasteiger partial charge is 0.478 e. The van der Waals surface area contributed by atoms with Gasteiger partial charge in [-0.2, -0.15) is 4.98 Å². The van der Waals surface area contributed by atoms with E-state index in [0.29, 0.717) is 18.4 Å². The molecule has 2 rings (SSSR count). The van der Waals surface area contributed by atoms with Gasteiger partial charge in [-0.3, -0.25) is 0 Å². The molecule has 0 bridgehead atoms. The first kappa shape index (κ1) is 15.0. The number of rotatable bonds is 6. The molecular formula is C15H26N4O. The van der Waals surface area contributed by atoms with Gasteiger partial charge in [0.15, 0.2) is 0 Å². The van der Waals surface area contributed by atoms with Crippen molar-refractivity contribution in [2.45, 2.75) is 39.5 Å². The summed E-state index contributed by atoms with van der Waals surface area (Å²) >= 11 is 0. The first-order valence-electron chi connectivity index (χ1n) is 7.72. The molecule has 0 spiro atoms. The molecule has 2 heterocycles. The molecule has 0 atom stereocenters. The van der Waals surface area contributed by atoms with Crippen LogP contribution >= 0.6 is 0 Å². The minimum atomic E-state index is 0.629. The Labute approximate surface area is 121 Å². The van der Waals surface area contributed by atoms with Gasteiger partial charge in [-0.1, -0.05) is 12.8 Å². The van der Waals surface area contributed by atoms with E-state index in [1.54, 1.807) is 0 Å². The van der Waals surface area contributed by atoms with Crippen molar-refractivity contribution in [3.8, 4) is 5.88 Å². The Balaban J connectivity index is 1.80. The second kappa shape index (κ2) is 8.04. The summed E-state index contributed by atoms with van der Waals surface area (Å²) in [6.45, 7) is 8.94. The van der Waals surface area contributed by atoms with Gasteiger partial charge in [-0.25, -0.2) is 4.98 Å². The van der Waals surface area contributed by atoms with Crippen molar-refractivity contribution < 1.29 is 4.74 Å². The Hall–Kier alpha value is -1.36. The van der Waals surface area contributed by atoms with Crippen LogP contribution in [0.3, 0.4) is 0 Å². The van der Waals surface area contributed by atoms with E-state index in [-0.39, 0.29) is 0 Å². The molecule has 20 heavy (non-hydrogen) atoms. The number of nitrogens with one attached hydrogen (secondary N) is 1. The van der Waals surface area contributed by atoms with Crippen LogP contribution in [-0.2, 0) is 0 Å². The molecule has 1 fully saturated rings. The minimum absolute atomic E-state index is 0.629. The number of likely N-dealkylation sites (tertiary alicyclic amines) is 1. The third-order valence-electron chi connectivity index (χ3n) is 3.53. The van der Waals surface area contributed by atoms with E-state index in [1.807, 2.05) is 19.9 Å². The molecule has 1 aromatic rings. The van der Waals surface area contributed by atoms with E-state index in [4.69, 9.17) is 4.74 Å². The standard InChI is InChI=1S/C15H26N4O/c1-3-20-14-12-13(2)17-15(18-14)16-8-11-19-9-6-4-5-7-10-19/h12H,3-11H2,1-2H3,(H,16,17,18). The molecule has 112 valence electrons. The summed E-state index contributed by atoms with van der Waals surface area (Å²) in [6.07, 6.45) is 5.41. The number of aromatic nitrogens is 2. The lowest BCUT2D eigenvalue weighted by molar-refractivity contribution is 0.296. The zero-order valence-electron chi connectivity index (χ0n) is 12.7. The third kappa shape index (κ3) is 4.96. The predicted octanol–water partition coefficient (Wildman–Crippen LogP) is 2.47. The number of anilines is 1. The van der Waals surface area contributed by atoms with Crippen molar-refractivity contribution in [1.82, 2.24) is 14.9 Å². The topological polar surface area (TPSA) is 50.3 Å². The number of ether oxygens (including phenoxy) is 1. The Morgan fingerprint density at radius 2 is 1.95 bits per heavy atom. The van der Waals surface area contributed by atoms with Crippen molar-refractivity contribution in [2.24, 2.45) is 0 Å². The van der Waals surface area contributed by atoms with Crippen molar-refractivity contribution in [2.75, 3.05) is 38.1 Å². The van der Waals surface area contributed by atoms with Gasteiger partial charge in [0.2, 0.25) is 11.8 Å². The molecule has 1 aromatic heterocycles. The van der Waals surface area contributed by atoms with E-state index in [2.05, 4.69) is 20.2 Å². The van der Waals surface area contributed by atoms with E-state index >= 15 is 0 Å². The Morgan fingerprint density at radius 3 is 2.65 bits per heavy atom. The molecule has 1 aliphatic heterocycles. The lowest BCUT2D eigenvalue weighted by Crippen LogP contribution is -2.30. The van der Waals surface area contributed by atoms with Crippen LogP contribution in [-0.4, -0.2) is 47.7 Å². The Kier molecular flexibility index (Phi) is 6.05. The summed E-state index contributed by atoms with van der Waals surface area (Å²) in [5.74, 6) is 1.32. The van der Waals surface area contributed by atoms with Gasteiger partial charge in [0.1, 0.15) is 0 Å². The molecule has 0 saturated carbocycles. The lowest BCUT2D eigenvalue weighted by atomic mass is 10.2. The quantitative estimate of drug-likeness (QED) is 0.866. The van der Waals surface area contributed by atoms with Gasteiger partial charge >= 0.3 is 0 Å². The van der Waals surface area contributed by atoms with Crippen LogP contribution in [0.4, 0.5) is 5.95 Å². The number of hydrogen-bond acceptors (Lipinski definition) is 5. The first-order chi connectivity index (χ1) is 9.78. The maximum atomic E-state index is 5.44. The van der Waals surface area contributed by atoms with Gasteiger partial charge in [0.05, 0.1) is 6.61 Å². The Morgan fingerprint density at radius 1 is 1.20 bits per heavy atom. The molecule has 1 saturated heterocycles. The first-order valence-corrected chi connectivity index (χ1v) is 7.72. The number of aryl methyl sites for hydroxylation is 1. The summed E-state index contributed by atoms with van der Waals surface area (Å²) in [4.78, 5) is 11.3. The maximum absolute atomic E-state index is 5.44. The molecule has 0 unspecified atom stereocenters. The van der Waals surface area contributed by atoms with Gasteiger partial charge in [0.25, 0.3) is 0 Å². The van der Waals surface area contributed by atoms with Crippen LogP contribution in [0, 0.1) is 6.92 Å². The molecule has 1 aliphatic rings. The molecule has 0 radical (unpaired) electrons. The average molecular weight is 278 g/mol. The van der Waals surface area contributed by atoms with E-state index in [1.165, 1.54) is 38.8 Å². The summed E-state index contributed by atoms with van der Waals surface area (Å²) in [5.41, 5.74) is 0.931. The fraction of sp³-hybridized carbons (Fsp3) is 0.733. The number of nitrogens with zero attached hydrogens (tertiary/aromatic N) is 3. The molecule has 0 amide bonds. The van der Waals surface area contributed by atoms with Crippen LogP contribution in [0.2, 0.25) is 0 Å². The zero-order chi connectivity index (χ0) is 14.2. The highest BCUT2D eigenvalue weighted by Gasteiger charge is 2.09. The lowest BCUT2D eigenvalue weighted by Gasteiger charge is -2.19. The normalized spacial score (nSPS) is 16.7. The fourth-order valence-electron chi connectivity index (χ4n) is 2.53. The Bertz CT molecular complexity index is 403. The molecule has 0 aromatic carbocycles. The second-order valence-electron chi connectivity index (χ2n) is 5.29. The van der Waals surface area contributed by atoms with Gasteiger partial charge in [-0.15, -0.1) is 0 Å². The van der Waals surface area contributed by atoms with Crippen molar-refractivity contribution >= 4 is 5.95 Å². The van der Waals surface area contributed by atoms with Gasteiger partial charge in [0, 0.05) is 24.8 Å². The monoisotopic (exact) mass is 278 g/mol. The zero-order valence-corrected chi connectivity index (χ0v) is 12.7. The molecule has 0 aliphatic carbocycles. The van der Waals surface area contributed by atoms with Gasteiger partial charge in [-0.05, 0) is 39.8 Å². The molecule has 5 heteroatoms. The van der Waals surface area contributed by atoms with E-state index < -0.39 is 0 Å². The summed E-state index contributed by atoms with van der Waals surface area (Å²) in [6, 6.07) is 1.86. The SMILES string of the molecule is CCOc1cc(C)nc(NCCN2CCCCCC2)n1. The fourth-order valence-corrected chi connectivity index (χ4v) is 2.53. The van der Waals surface area contributed by atoms with Gasteiger partial charge < -0.3 is 15.0 Å². The van der Waals surface area contributed by atoms with Crippen molar-refractivity contribution in [1.29, 1.82) is 0 Å². The minimum Gasteiger partial charge on any atom is -0.478 e. The predicted molar refractivity (Wildman–Crippen MR) is 81.3 cm³/mol. The molecule has 1 N–H and O–H groups in total. The van der Waals surface area contributed by atoms with Crippen LogP contribution in [0.5, 0.6) is 5.88 Å². The van der Waals surface area contributed by atoms with E-state index in [9.17, 15) is 0 Å². The van der Waals surface area contributed by atoms with Crippen LogP contribution in [0.1, 0.15) is 38.3 Å². The van der Waals surface area contributed by atoms with Crippen molar-refractivity contribution in [3.05, 3.63) is 11.8 Å². The third-order valence-corrected chi connectivity index (χ3v) is 3.53. The summed E-state index contributed by atoms with van der Waals surface area (Å²) < 4.78 is 5.44. The highest BCUT2D eigenvalue weighted by Crippen LogP contribution is 2.12. The maximum Gasteiger partial charge on any atom is 0.226 e. The van der Waals surface area contributed by atoms with Crippen LogP contribution in [0.15, 0.2) is 6.07 Å². The summed E-state index contributed by atoms with van der Waals surface area (Å²) in [7, 11) is 0. The molecular weight excluding hydrogens is 252 g/mol. The highest BCUT2D eigenvalue weighted by atomic mass is 16.5. The number of hydrogen-bond donors (Lipinski definition) is 1. The molecule has 5 nitrogen and oxygen atoms in total. The van der Waals surface area contributed by atoms with Crippen molar-refractivity contribution in [3.63, 3.8) is 0 Å². The average Bonchev–Trinajstić information content (AvgIpc) is 2.67. The summed E-state index contributed by atoms with van der Waals surface area (Å²) in [5, 5.41) is 3.31. The van der Waals surface area contributed by atoms with E-state index in [0.717, 1.165) is 18.8 Å². The smallest absolute Gasteiger partial charge is 0.226 e.